The molecule has 0 bridgehead atoms. The predicted octanol–water partition coefficient (Wildman–Crippen LogP) is 2.52. The van der Waals surface area contributed by atoms with Crippen molar-refractivity contribution in [3.8, 4) is 0 Å². The molecule has 0 aliphatic carbocycles. The molecule has 0 spiro atoms. The lowest BCUT2D eigenvalue weighted by Crippen LogP contribution is -2.29. The molecule has 1 aromatic carbocycles. The highest BCUT2D eigenvalue weighted by Crippen LogP contribution is 2.16. The van der Waals surface area contributed by atoms with Crippen molar-refractivity contribution in [1.82, 2.24) is 5.32 Å². The highest BCUT2D eigenvalue weighted by molar-refractivity contribution is 5.80. The van der Waals surface area contributed by atoms with Gasteiger partial charge in [-0.05, 0) is 17.9 Å². The van der Waals surface area contributed by atoms with Crippen LogP contribution in [0.4, 0.5) is 0 Å². The molecule has 1 aromatic rings. The van der Waals surface area contributed by atoms with Crippen LogP contribution in [-0.2, 0) is 4.74 Å². The van der Waals surface area contributed by atoms with Gasteiger partial charge in [-0.15, -0.1) is 0 Å². The predicted molar refractivity (Wildman–Crippen MR) is 85.5 cm³/mol. The number of oxime groups is 1. The zero-order chi connectivity index (χ0) is 15.5. The van der Waals surface area contributed by atoms with E-state index in [9.17, 15) is 0 Å². The molecule has 0 heterocycles. The van der Waals surface area contributed by atoms with Crippen molar-refractivity contribution in [1.29, 1.82) is 0 Å². The van der Waals surface area contributed by atoms with Gasteiger partial charge in [0.25, 0.3) is 0 Å². The van der Waals surface area contributed by atoms with E-state index in [1.165, 1.54) is 0 Å². The molecule has 0 saturated carbocycles. The first-order valence-electron chi connectivity index (χ1n) is 7.46. The summed E-state index contributed by atoms with van der Waals surface area (Å²) in [5, 5.41) is 15.2. The lowest BCUT2D eigenvalue weighted by atomic mass is 10.0. The van der Waals surface area contributed by atoms with Crippen LogP contribution < -0.4 is 11.1 Å². The van der Waals surface area contributed by atoms with Gasteiger partial charge in [-0.2, -0.15) is 0 Å². The Balaban J connectivity index is 2.40. The second kappa shape index (κ2) is 10.2. The monoisotopic (exact) mass is 293 g/mol. The van der Waals surface area contributed by atoms with Gasteiger partial charge in [0, 0.05) is 25.6 Å². The highest BCUT2D eigenvalue weighted by atomic mass is 16.5. The van der Waals surface area contributed by atoms with Crippen molar-refractivity contribution in [2.45, 2.75) is 32.7 Å². The quantitative estimate of drug-likeness (QED) is 0.204. The molecule has 1 atom stereocenters. The molecule has 0 aliphatic heterocycles. The smallest absolute Gasteiger partial charge is 0.141 e. The Bertz CT molecular complexity index is 407. The Hall–Kier alpha value is -1.59. The summed E-state index contributed by atoms with van der Waals surface area (Å²) in [7, 11) is 0. The van der Waals surface area contributed by atoms with Gasteiger partial charge >= 0.3 is 0 Å². The Morgan fingerprint density at radius 2 is 2.00 bits per heavy atom. The minimum absolute atomic E-state index is 0.0239. The van der Waals surface area contributed by atoms with E-state index in [1.807, 2.05) is 30.3 Å². The van der Waals surface area contributed by atoms with Gasteiger partial charge in [-0.3, -0.25) is 0 Å². The van der Waals surface area contributed by atoms with Crippen molar-refractivity contribution < 1.29 is 9.94 Å². The third kappa shape index (κ3) is 7.68. The third-order valence-corrected chi connectivity index (χ3v) is 3.22. The van der Waals surface area contributed by atoms with Crippen molar-refractivity contribution in [3.63, 3.8) is 0 Å². The van der Waals surface area contributed by atoms with E-state index >= 15 is 0 Å². The summed E-state index contributed by atoms with van der Waals surface area (Å²) in [5.41, 5.74) is 6.74. The Morgan fingerprint density at radius 1 is 1.29 bits per heavy atom. The highest BCUT2D eigenvalue weighted by Gasteiger charge is 2.12. The second-order valence-corrected chi connectivity index (χ2v) is 5.51. The zero-order valence-electron chi connectivity index (χ0n) is 13.0. The lowest BCUT2D eigenvalue weighted by molar-refractivity contribution is 0.123. The van der Waals surface area contributed by atoms with E-state index in [0.717, 1.165) is 25.1 Å². The van der Waals surface area contributed by atoms with Gasteiger partial charge in [0.2, 0.25) is 0 Å². The summed E-state index contributed by atoms with van der Waals surface area (Å²) in [6.07, 6.45) is 1.54. The number of ether oxygens (including phenoxy) is 1. The average Bonchev–Trinajstić information content (AvgIpc) is 2.49. The van der Waals surface area contributed by atoms with Gasteiger partial charge in [0.1, 0.15) is 5.84 Å². The molecular formula is C16H27N3O2. The minimum Gasteiger partial charge on any atom is -0.409 e. The number of amidine groups is 1. The molecule has 0 amide bonds. The largest absolute Gasteiger partial charge is 0.409 e. The number of benzene rings is 1. The molecule has 5 heteroatoms. The Labute approximate surface area is 127 Å². The number of nitrogens with zero attached hydrogens (tertiary/aromatic N) is 1. The molecule has 118 valence electrons. The van der Waals surface area contributed by atoms with Crippen molar-refractivity contribution in [2.75, 3.05) is 19.8 Å². The van der Waals surface area contributed by atoms with Crippen LogP contribution in [0.2, 0.25) is 0 Å². The van der Waals surface area contributed by atoms with E-state index < -0.39 is 0 Å². The Kier molecular flexibility index (Phi) is 8.47. The molecule has 21 heavy (non-hydrogen) atoms. The van der Waals surface area contributed by atoms with Crippen molar-refractivity contribution >= 4 is 5.84 Å². The standard InChI is InChI=1S/C16H27N3O2/c1-13(2)8-10-21-11-9-18-15(12-16(17)19-20)14-6-4-3-5-7-14/h3-7,13,15,18,20H,8-12H2,1-2H3,(H2,17,19). The fourth-order valence-electron chi connectivity index (χ4n) is 1.97. The number of nitrogens with one attached hydrogen (secondary N) is 1. The number of hydrogen-bond acceptors (Lipinski definition) is 4. The van der Waals surface area contributed by atoms with Gasteiger partial charge in [-0.1, -0.05) is 49.3 Å². The van der Waals surface area contributed by atoms with Crippen LogP contribution in [0.25, 0.3) is 0 Å². The van der Waals surface area contributed by atoms with Crippen LogP contribution in [0, 0.1) is 5.92 Å². The molecule has 1 unspecified atom stereocenters. The first kappa shape index (κ1) is 17.5. The fourth-order valence-corrected chi connectivity index (χ4v) is 1.97. The zero-order valence-corrected chi connectivity index (χ0v) is 13.0. The molecule has 0 aromatic heterocycles. The Morgan fingerprint density at radius 3 is 2.62 bits per heavy atom. The summed E-state index contributed by atoms with van der Waals surface area (Å²) in [6, 6.07) is 10.0. The maximum Gasteiger partial charge on any atom is 0.141 e. The lowest BCUT2D eigenvalue weighted by Gasteiger charge is -2.18. The van der Waals surface area contributed by atoms with Crippen LogP contribution in [0.3, 0.4) is 0 Å². The van der Waals surface area contributed by atoms with E-state index in [2.05, 4.69) is 24.3 Å². The number of nitrogens with two attached hydrogens (primary N) is 1. The summed E-state index contributed by atoms with van der Waals surface area (Å²) in [6.45, 7) is 6.55. The molecule has 0 aliphatic rings. The summed E-state index contributed by atoms with van der Waals surface area (Å²) in [4.78, 5) is 0. The second-order valence-electron chi connectivity index (χ2n) is 5.51. The molecule has 0 radical (unpaired) electrons. The topological polar surface area (TPSA) is 79.9 Å². The molecule has 5 nitrogen and oxygen atoms in total. The van der Waals surface area contributed by atoms with Crippen molar-refractivity contribution in [3.05, 3.63) is 35.9 Å². The van der Waals surface area contributed by atoms with E-state index in [1.54, 1.807) is 0 Å². The molecule has 1 rings (SSSR count). The maximum atomic E-state index is 8.73. The van der Waals surface area contributed by atoms with Crippen LogP contribution in [0.1, 0.15) is 38.3 Å². The molecule has 0 fully saturated rings. The van der Waals surface area contributed by atoms with Crippen LogP contribution in [0.5, 0.6) is 0 Å². The normalized spacial score (nSPS) is 13.6. The fraction of sp³-hybridized carbons (Fsp3) is 0.562. The van der Waals surface area contributed by atoms with Gasteiger partial charge < -0.3 is 21.0 Å². The average molecular weight is 293 g/mol. The third-order valence-electron chi connectivity index (χ3n) is 3.22. The van der Waals surface area contributed by atoms with E-state index in [0.29, 0.717) is 18.9 Å². The number of hydrogen-bond donors (Lipinski definition) is 3. The summed E-state index contributed by atoms with van der Waals surface area (Å²) < 4.78 is 5.59. The maximum absolute atomic E-state index is 8.73. The number of rotatable bonds is 10. The van der Waals surface area contributed by atoms with Gasteiger partial charge in [-0.25, -0.2) is 0 Å². The summed E-state index contributed by atoms with van der Waals surface area (Å²) >= 11 is 0. The first-order chi connectivity index (χ1) is 10.1. The van der Waals surface area contributed by atoms with Gasteiger partial charge in [0.05, 0.1) is 6.61 Å². The van der Waals surface area contributed by atoms with Crippen LogP contribution in [0.15, 0.2) is 35.5 Å². The van der Waals surface area contributed by atoms with Crippen molar-refractivity contribution in [2.24, 2.45) is 16.8 Å². The molecular weight excluding hydrogens is 266 g/mol. The minimum atomic E-state index is 0.0239. The van der Waals surface area contributed by atoms with Gasteiger partial charge in [0.15, 0.2) is 0 Å². The first-order valence-corrected chi connectivity index (χ1v) is 7.46. The van der Waals surface area contributed by atoms with E-state index in [-0.39, 0.29) is 11.9 Å². The van der Waals surface area contributed by atoms with E-state index in [4.69, 9.17) is 15.7 Å². The SMILES string of the molecule is CC(C)CCOCCNC(CC(N)=NO)c1ccccc1. The molecule has 0 saturated heterocycles. The van der Waals surface area contributed by atoms with Crippen LogP contribution in [-0.4, -0.2) is 30.8 Å². The molecule has 4 N–H and O–H groups in total. The summed E-state index contributed by atoms with van der Waals surface area (Å²) in [5.74, 6) is 0.882. The van der Waals surface area contributed by atoms with Crippen LogP contribution >= 0.6 is 0 Å².